The van der Waals surface area contributed by atoms with Crippen molar-refractivity contribution in [3.05, 3.63) is 40.2 Å². The first-order valence-corrected chi connectivity index (χ1v) is 10.3. The second-order valence-corrected chi connectivity index (χ2v) is 7.84. The summed E-state index contributed by atoms with van der Waals surface area (Å²) in [5.74, 6) is -1.40. The van der Waals surface area contributed by atoms with Gasteiger partial charge in [-0.05, 0) is 37.1 Å². The molecule has 1 aromatic carbocycles. The highest BCUT2D eigenvalue weighted by Crippen LogP contribution is 2.31. The van der Waals surface area contributed by atoms with Gasteiger partial charge < -0.3 is 26.0 Å². The Kier molecular flexibility index (Phi) is 5.80. The Hall–Kier alpha value is -3.89. The van der Waals surface area contributed by atoms with E-state index in [9.17, 15) is 19.2 Å². The molecule has 0 saturated carbocycles. The number of nitrogens with two attached hydrogens (primary N) is 1. The van der Waals surface area contributed by atoms with Gasteiger partial charge in [0.05, 0.1) is 18.6 Å². The normalized spacial score (nSPS) is 18.5. The van der Waals surface area contributed by atoms with Crippen molar-refractivity contribution in [2.75, 3.05) is 35.7 Å². The summed E-state index contributed by atoms with van der Waals surface area (Å²) >= 11 is 0. The summed E-state index contributed by atoms with van der Waals surface area (Å²) in [4.78, 5) is 58.4. The van der Waals surface area contributed by atoms with Crippen LogP contribution >= 0.6 is 0 Å². The molecule has 11 heteroatoms. The lowest BCUT2D eigenvalue weighted by atomic mass is 9.92. The molecular weight excluding hydrogens is 416 g/mol. The maximum atomic E-state index is 12.9. The molecule has 11 nitrogen and oxygen atoms in total. The van der Waals surface area contributed by atoms with Gasteiger partial charge in [-0.3, -0.25) is 24.2 Å². The van der Waals surface area contributed by atoms with Crippen LogP contribution < -0.4 is 31.6 Å². The number of rotatable bonds is 5. The molecule has 3 heterocycles. The number of carbonyl (C=O) groups excluding carboxylic acids is 3. The molecule has 1 fully saturated rings. The largest absolute Gasteiger partial charge is 0.497 e. The number of methoxy groups -OCH3 is 1. The first-order chi connectivity index (χ1) is 15.4. The molecule has 4 rings (SSSR count). The molecule has 2 aliphatic heterocycles. The Morgan fingerprint density at radius 2 is 1.88 bits per heavy atom. The molecule has 0 radical (unpaired) electrons. The maximum absolute atomic E-state index is 12.9. The van der Waals surface area contributed by atoms with Crippen LogP contribution in [-0.2, 0) is 14.4 Å². The number of aromatic amines is 1. The molecule has 0 spiro atoms. The van der Waals surface area contributed by atoms with Crippen LogP contribution in [0.15, 0.2) is 29.1 Å². The number of nitrogens with one attached hydrogen (secondary N) is 3. The van der Waals surface area contributed by atoms with E-state index in [4.69, 9.17) is 10.5 Å². The predicted molar refractivity (Wildman–Crippen MR) is 117 cm³/mol. The van der Waals surface area contributed by atoms with Crippen LogP contribution in [0.1, 0.15) is 30.7 Å². The SMILES string of the molecule is COc1ccc(NC(=O)[C@@H]2CC(=O)Nc3nc(N4CCC(C(N)=O)CC4)[nH]c(=O)c32)cc1. The average molecular weight is 440 g/mol. The number of piperidine rings is 1. The summed E-state index contributed by atoms with van der Waals surface area (Å²) in [5.41, 5.74) is 5.52. The lowest BCUT2D eigenvalue weighted by molar-refractivity contribution is -0.123. The van der Waals surface area contributed by atoms with E-state index in [0.29, 0.717) is 37.4 Å². The summed E-state index contributed by atoms with van der Waals surface area (Å²) in [6, 6.07) is 6.72. The summed E-state index contributed by atoms with van der Waals surface area (Å²) in [7, 11) is 1.54. The fourth-order valence-corrected chi connectivity index (χ4v) is 4.01. The standard InChI is InChI=1S/C21H24N6O5/c1-32-13-4-2-12(3-5-13)23-19(30)14-10-15(28)24-18-16(14)20(31)26-21(25-18)27-8-6-11(7-9-27)17(22)29/h2-5,11,14H,6-10H2,1H3,(H2,22,29)(H,23,30)(H2,24,25,26,28,31)/t14-/m1/s1. The van der Waals surface area contributed by atoms with Crippen LogP contribution in [-0.4, -0.2) is 47.9 Å². The van der Waals surface area contributed by atoms with Crippen LogP contribution in [0.2, 0.25) is 0 Å². The fourth-order valence-electron chi connectivity index (χ4n) is 4.01. The number of nitrogens with zero attached hydrogens (tertiary/aromatic N) is 2. The Bertz CT molecular complexity index is 1100. The number of fused-ring (bicyclic) bond motifs is 1. The van der Waals surface area contributed by atoms with Crippen molar-refractivity contribution >= 4 is 35.2 Å². The van der Waals surface area contributed by atoms with E-state index in [0.717, 1.165) is 0 Å². The quantitative estimate of drug-likeness (QED) is 0.528. The number of benzene rings is 1. The number of hydrogen-bond acceptors (Lipinski definition) is 7. The van der Waals surface area contributed by atoms with Gasteiger partial charge in [0.2, 0.25) is 23.7 Å². The van der Waals surface area contributed by atoms with Crippen LogP contribution in [0.25, 0.3) is 0 Å². The van der Waals surface area contributed by atoms with Gasteiger partial charge in [-0.1, -0.05) is 0 Å². The van der Waals surface area contributed by atoms with Gasteiger partial charge >= 0.3 is 0 Å². The van der Waals surface area contributed by atoms with E-state index in [1.807, 2.05) is 4.90 Å². The molecule has 32 heavy (non-hydrogen) atoms. The molecule has 1 atom stereocenters. The van der Waals surface area contributed by atoms with Gasteiger partial charge in [0, 0.05) is 31.1 Å². The van der Waals surface area contributed by atoms with E-state index in [-0.39, 0.29) is 35.6 Å². The van der Waals surface area contributed by atoms with Crippen molar-refractivity contribution in [3.8, 4) is 5.75 Å². The van der Waals surface area contributed by atoms with Crippen LogP contribution in [0, 0.1) is 5.92 Å². The molecule has 0 unspecified atom stereocenters. The van der Waals surface area contributed by atoms with Crippen LogP contribution in [0.5, 0.6) is 5.75 Å². The monoisotopic (exact) mass is 440 g/mol. The van der Waals surface area contributed by atoms with Crippen molar-refractivity contribution in [1.82, 2.24) is 9.97 Å². The van der Waals surface area contributed by atoms with Crippen molar-refractivity contribution in [2.24, 2.45) is 11.7 Å². The molecule has 5 N–H and O–H groups in total. The Balaban J connectivity index is 1.57. The molecule has 0 aliphatic carbocycles. The smallest absolute Gasteiger partial charge is 0.258 e. The topological polar surface area (TPSA) is 160 Å². The van der Waals surface area contributed by atoms with Gasteiger partial charge in [-0.25, -0.2) is 0 Å². The van der Waals surface area contributed by atoms with Crippen molar-refractivity contribution < 1.29 is 19.1 Å². The first-order valence-electron chi connectivity index (χ1n) is 10.3. The number of hydrogen-bond donors (Lipinski definition) is 4. The van der Waals surface area contributed by atoms with Gasteiger partial charge in [0.15, 0.2) is 0 Å². The van der Waals surface area contributed by atoms with E-state index < -0.39 is 23.3 Å². The highest BCUT2D eigenvalue weighted by Gasteiger charge is 2.35. The lowest BCUT2D eigenvalue weighted by Crippen LogP contribution is -2.41. The van der Waals surface area contributed by atoms with Crippen LogP contribution in [0.4, 0.5) is 17.5 Å². The minimum absolute atomic E-state index is 0.0758. The third kappa shape index (κ3) is 4.27. The van der Waals surface area contributed by atoms with Crippen molar-refractivity contribution in [2.45, 2.75) is 25.2 Å². The number of aromatic nitrogens is 2. The fraction of sp³-hybridized carbons (Fsp3) is 0.381. The number of H-pyrrole nitrogens is 1. The summed E-state index contributed by atoms with van der Waals surface area (Å²) in [6.07, 6.45) is 0.938. The predicted octanol–water partition coefficient (Wildman–Crippen LogP) is 0.545. The van der Waals surface area contributed by atoms with E-state index in [1.54, 1.807) is 31.4 Å². The second-order valence-electron chi connectivity index (χ2n) is 7.84. The number of anilines is 3. The number of primary amides is 1. The van der Waals surface area contributed by atoms with Gasteiger partial charge in [0.25, 0.3) is 5.56 Å². The Labute approximate surface area is 183 Å². The van der Waals surface area contributed by atoms with Gasteiger partial charge in [0.1, 0.15) is 11.6 Å². The third-order valence-electron chi connectivity index (χ3n) is 5.81. The molecule has 0 bridgehead atoms. The van der Waals surface area contributed by atoms with E-state index in [2.05, 4.69) is 20.6 Å². The minimum Gasteiger partial charge on any atom is -0.497 e. The zero-order chi connectivity index (χ0) is 22.8. The van der Waals surface area contributed by atoms with Crippen molar-refractivity contribution in [3.63, 3.8) is 0 Å². The molecule has 1 aromatic heterocycles. The second kappa shape index (κ2) is 8.69. The Morgan fingerprint density at radius 1 is 1.19 bits per heavy atom. The zero-order valence-electron chi connectivity index (χ0n) is 17.5. The Morgan fingerprint density at radius 3 is 2.50 bits per heavy atom. The molecular formula is C21H24N6O5. The molecule has 2 aromatic rings. The van der Waals surface area contributed by atoms with Crippen LogP contribution in [0.3, 0.4) is 0 Å². The summed E-state index contributed by atoms with van der Waals surface area (Å²) in [5, 5.41) is 5.34. The third-order valence-corrected chi connectivity index (χ3v) is 5.81. The maximum Gasteiger partial charge on any atom is 0.258 e. The van der Waals surface area contributed by atoms with E-state index in [1.165, 1.54) is 0 Å². The highest BCUT2D eigenvalue weighted by molar-refractivity contribution is 6.04. The van der Waals surface area contributed by atoms with Gasteiger partial charge in [-0.15, -0.1) is 0 Å². The summed E-state index contributed by atoms with van der Waals surface area (Å²) < 4.78 is 5.10. The minimum atomic E-state index is -0.980. The molecule has 2 aliphatic rings. The van der Waals surface area contributed by atoms with E-state index >= 15 is 0 Å². The molecule has 1 saturated heterocycles. The molecule has 168 valence electrons. The number of amides is 3. The summed E-state index contributed by atoms with van der Waals surface area (Å²) in [6.45, 7) is 0.981. The first kappa shape index (κ1) is 21.3. The highest BCUT2D eigenvalue weighted by atomic mass is 16.5. The average Bonchev–Trinajstić information content (AvgIpc) is 2.78. The van der Waals surface area contributed by atoms with Gasteiger partial charge in [-0.2, -0.15) is 4.98 Å². The zero-order valence-corrected chi connectivity index (χ0v) is 17.5. The molecule has 3 amide bonds. The van der Waals surface area contributed by atoms with Crippen molar-refractivity contribution in [1.29, 1.82) is 0 Å². The number of carbonyl (C=O) groups is 3. The number of ether oxygens (including phenoxy) is 1. The lowest BCUT2D eigenvalue weighted by Gasteiger charge is -2.32.